The quantitative estimate of drug-likeness (QED) is 0.662. The summed E-state index contributed by atoms with van der Waals surface area (Å²) in [7, 11) is 0. The maximum Gasteiger partial charge on any atom is 0.168 e. The number of hydrogen-bond donors (Lipinski definition) is 2. The SMILES string of the molecule is Cc1nc(-n2ccc(CO)n2)c2cn[nH]c2n1. The first-order valence-corrected chi connectivity index (χ1v) is 5.11. The van der Waals surface area contributed by atoms with Gasteiger partial charge in [0.2, 0.25) is 0 Å². The summed E-state index contributed by atoms with van der Waals surface area (Å²) in [4.78, 5) is 8.57. The first kappa shape index (κ1) is 9.91. The highest BCUT2D eigenvalue weighted by Gasteiger charge is 2.10. The van der Waals surface area contributed by atoms with Gasteiger partial charge in [0.15, 0.2) is 11.5 Å². The van der Waals surface area contributed by atoms with E-state index in [1.807, 2.05) is 0 Å². The molecule has 0 atom stereocenters. The minimum absolute atomic E-state index is 0.0917. The van der Waals surface area contributed by atoms with Crippen LogP contribution in [0.5, 0.6) is 0 Å². The third-order valence-corrected chi connectivity index (χ3v) is 2.42. The Morgan fingerprint density at radius 2 is 2.29 bits per heavy atom. The van der Waals surface area contributed by atoms with Gasteiger partial charge in [-0.2, -0.15) is 10.2 Å². The molecule has 3 rings (SSSR count). The van der Waals surface area contributed by atoms with Gasteiger partial charge < -0.3 is 5.11 Å². The molecule has 7 heteroatoms. The predicted octanol–water partition coefficient (Wildman–Crippen LogP) is 0.339. The summed E-state index contributed by atoms with van der Waals surface area (Å²) in [5, 5.41) is 20.7. The van der Waals surface area contributed by atoms with Gasteiger partial charge in [0.05, 0.1) is 23.9 Å². The van der Waals surface area contributed by atoms with Gasteiger partial charge in [0, 0.05) is 6.20 Å². The van der Waals surface area contributed by atoms with Gasteiger partial charge in [0.25, 0.3) is 0 Å². The van der Waals surface area contributed by atoms with E-state index in [1.54, 1.807) is 30.1 Å². The first-order chi connectivity index (χ1) is 8.28. The van der Waals surface area contributed by atoms with E-state index in [4.69, 9.17) is 5.11 Å². The molecule has 0 saturated carbocycles. The van der Waals surface area contributed by atoms with E-state index in [0.717, 1.165) is 5.39 Å². The van der Waals surface area contributed by atoms with E-state index in [2.05, 4.69) is 25.3 Å². The molecule has 0 amide bonds. The van der Waals surface area contributed by atoms with Crippen LogP contribution in [0.2, 0.25) is 0 Å². The predicted molar refractivity (Wildman–Crippen MR) is 59.5 cm³/mol. The number of aliphatic hydroxyl groups is 1. The fraction of sp³-hybridized carbons (Fsp3) is 0.200. The van der Waals surface area contributed by atoms with Crippen LogP contribution in [0.25, 0.3) is 16.9 Å². The molecule has 0 fully saturated rings. The van der Waals surface area contributed by atoms with E-state index in [-0.39, 0.29) is 6.61 Å². The standard InChI is InChI=1S/C10H10N6O/c1-6-12-9-8(4-11-14-9)10(13-6)16-3-2-7(5-17)15-16/h2-4,17H,5H2,1H3,(H,11,12,13,14). The number of aromatic amines is 1. The Morgan fingerprint density at radius 1 is 1.41 bits per heavy atom. The van der Waals surface area contributed by atoms with Crippen molar-refractivity contribution in [3.05, 3.63) is 30.0 Å². The van der Waals surface area contributed by atoms with Crippen LogP contribution in [0, 0.1) is 6.92 Å². The maximum atomic E-state index is 9.00. The maximum absolute atomic E-state index is 9.00. The Kier molecular flexibility index (Phi) is 2.12. The van der Waals surface area contributed by atoms with Gasteiger partial charge in [-0.15, -0.1) is 0 Å². The van der Waals surface area contributed by atoms with Crippen molar-refractivity contribution in [3.63, 3.8) is 0 Å². The number of aryl methyl sites for hydroxylation is 1. The number of hydrogen-bond acceptors (Lipinski definition) is 5. The van der Waals surface area contributed by atoms with Crippen LogP contribution < -0.4 is 0 Å². The van der Waals surface area contributed by atoms with Gasteiger partial charge in [0.1, 0.15) is 5.82 Å². The summed E-state index contributed by atoms with van der Waals surface area (Å²) in [6, 6.07) is 1.74. The molecule has 0 aliphatic carbocycles. The summed E-state index contributed by atoms with van der Waals surface area (Å²) < 4.78 is 1.61. The van der Waals surface area contributed by atoms with Gasteiger partial charge >= 0.3 is 0 Å². The molecule has 0 aromatic carbocycles. The lowest BCUT2D eigenvalue weighted by molar-refractivity contribution is 0.276. The average molecular weight is 230 g/mol. The van der Waals surface area contributed by atoms with E-state index in [9.17, 15) is 0 Å². The molecule has 0 radical (unpaired) electrons. The van der Waals surface area contributed by atoms with Crippen molar-refractivity contribution in [2.24, 2.45) is 0 Å². The number of H-pyrrole nitrogens is 1. The molecular formula is C10H10N6O. The molecule has 0 saturated heterocycles. The Morgan fingerprint density at radius 3 is 3.06 bits per heavy atom. The highest BCUT2D eigenvalue weighted by Crippen LogP contribution is 2.16. The molecule has 86 valence electrons. The zero-order valence-corrected chi connectivity index (χ0v) is 9.12. The third-order valence-electron chi connectivity index (χ3n) is 2.42. The minimum Gasteiger partial charge on any atom is -0.390 e. The van der Waals surface area contributed by atoms with Crippen LogP contribution in [0.15, 0.2) is 18.5 Å². The van der Waals surface area contributed by atoms with Gasteiger partial charge in [-0.25, -0.2) is 14.6 Å². The lowest BCUT2D eigenvalue weighted by Gasteiger charge is -2.02. The lowest BCUT2D eigenvalue weighted by atomic mass is 10.4. The molecule has 3 heterocycles. The molecule has 2 N–H and O–H groups in total. The number of aliphatic hydroxyl groups excluding tert-OH is 1. The van der Waals surface area contributed by atoms with Crippen LogP contribution in [0.4, 0.5) is 0 Å². The summed E-state index contributed by atoms with van der Waals surface area (Å²) in [5.74, 6) is 1.29. The first-order valence-electron chi connectivity index (χ1n) is 5.11. The van der Waals surface area contributed by atoms with Crippen molar-refractivity contribution < 1.29 is 5.11 Å². The Hall–Kier alpha value is -2.28. The highest BCUT2D eigenvalue weighted by molar-refractivity contribution is 5.81. The Bertz CT molecular complexity index is 670. The van der Waals surface area contributed by atoms with E-state index < -0.39 is 0 Å². The monoisotopic (exact) mass is 230 g/mol. The van der Waals surface area contributed by atoms with Crippen molar-refractivity contribution in [1.29, 1.82) is 0 Å². The van der Waals surface area contributed by atoms with Crippen LogP contribution >= 0.6 is 0 Å². The topological polar surface area (TPSA) is 92.5 Å². The molecule has 0 bridgehead atoms. The second-order valence-electron chi connectivity index (χ2n) is 3.64. The summed E-state index contributed by atoms with van der Waals surface area (Å²) >= 11 is 0. The summed E-state index contributed by atoms with van der Waals surface area (Å²) in [6.45, 7) is 1.71. The van der Waals surface area contributed by atoms with Crippen LogP contribution in [0.1, 0.15) is 11.5 Å². The van der Waals surface area contributed by atoms with Gasteiger partial charge in [-0.3, -0.25) is 5.10 Å². The average Bonchev–Trinajstić information content (AvgIpc) is 2.95. The normalized spacial score (nSPS) is 11.2. The van der Waals surface area contributed by atoms with Crippen molar-refractivity contribution in [2.45, 2.75) is 13.5 Å². The Balaban J connectivity index is 2.24. The molecule has 0 unspecified atom stereocenters. The fourth-order valence-corrected chi connectivity index (χ4v) is 1.67. The minimum atomic E-state index is -0.0917. The molecule has 3 aromatic rings. The van der Waals surface area contributed by atoms with Crippen molar-refractivity contribution in [1.82, 2.24) is 29.9 Å². The number of rotatable bonds is 2. The number of fused-ring (bicyclic) bond motifs is 1. The largest absolute Gasteiger partial charge is 0.390 e. The molecular weight excluding hydrogens is 220 g/mol. The van der Waals surface area contributed by atoms with E-state index in [1.165, 1.54) is 0 Å². The molecule has 3 aromatic heterocycles. The van der Waals surface area contributed by atoms with Gasteiger partial charge in [-0.05, 0) is 13.0 Å². The zero-order valence-electron chi connectivity index (χ0n) is 9.12. The third kappa shape index (κ3) is 1.56. The lowest BCUT2D eigenvalue weighted by Crippen LogP contribution is -2.02. The van der Waals surface area contributed by atoms with Crippen LogP contribution in [-0.4, -0.2) is 35.1 Å². The summed E-state index contributed by atoms with van der Waals surface area (Å²) in [6.07, 6.45) is 3.41. The number of nitrogens with one attached hydrogen (secondary N) is 1. The molecule has 7 nitrogen and oxygen atoms in total. The van der Waals surface area contributed by atoms with Crippen molar-refractivity contribution >= 4 is 11.0 Å². The Labute approximate surface area is 96.1 Å². The van der Waals surface area contributed by atoms with Crippen molar-refractivity contribution in [3.8, 4) is 5.82 Å². The molecule has 0 aliphatic heterocycles. The number of nitrogens with zero attached hydrogens (tertiary/aromatic N) is 5. The second kappa shape index (κ2) is 3.63. The zero-order chi connectivity index (χ0) is 11.8. The van der Waals surface area contributed by atoms with Crippen LogP contribution in [-0.2, 0) is 6.61 Å². The molecule has 17 heavy (non-hydrogen) atoms. The smallest absolute Gasteiger partial charge is 0.168 e. The highest BCUT2D eigenvalue weighted by atomic mass is 16.3. The van der Waals surface area contributed by atoms with Gasteiger partial charge in [-0.1, -0.05) is 0 Å². The van der Waals surface area contributed by atoms with E-state index >= 15 is 0 Å². The number of aromatic nitrogens is 6. The van der Waals surface area contributed by atoms with Crippen molar-refractivity contribution in [2.75, 3.05) is 0 Å². The van der Waals surface area contributed by atoms with Crippen LogP contribution in [0.3, 0.4) is 0 Å². The second-order valence-corrected chi connectivity index (χ2v) is 3.64. The fourth-order valence-electron chi connectivity index (χ4n) is 1.67. The van der Waals surface area contributed by atoms with E-state index in [0.29, 0.717) is 23.0 Å². The molecule has 0 aliphatic rings. The summed E-state index contributed by atoms with van der Waals surface area (Å²) in [5.41, 5.74) is 1.27. The molecule has 0 spiro atoms.